The van der Waals surface area contributed by atoms with E-state index in [4.69, 9.17) is 0 Å². The van der Waals surface area contributed by atoms with Crippen molar-refractivity contribution in [3.05, 3.63) is 0 Å². The summed E-state index contributed by atoms with van der Waals surface area (Å²) < 4.78 is 0. The fraction of sp³-hybridized carbons (Fsp3) is 0.846. The van der Waals surface area contributed by atoms with Gasteiger partial charge in [-0.3, -0.25) is 9.59 Å². The molecule has 0 aromatic rings. The number of carboxylic acid groups (broad SMARTS) is 1. The van der Waals surface area contributed by atoms with Crippen molar-refractivity contribution < 1.29 is 14.7 Å². The zero-order chi connectivity index (χ0) is 11.8. The van der Waals surface area contributed by atoms with Gasteiger partial charge < -0.3 is 5.11 Å². The molecule has 3 heteroatoms. The zero-order valence-electron chi connectivity index (χ0n) is 9.87. The number of Topliss-reactive ketones (excluding diaryl/α,β-unsaturated/α-hetero) is 1. The molecular formula is C13H20O3. The van der Waals surface area contributed by atoms with Crippen LogP contribution in [0.15, 0.2) is 0 Å². The van der Waals surface area contributed by atoms with Crippen LogP contribution in [0, 0.1) is 17.3 Å². The molecule has 2 rings (SSSR count). The van der Waals surface area contributed by atoms with Crippen molar-refractivity contribution in [3.63, 3.8) is 0 Å². The molecule has 0 aromatic carbocycles. The van der Waals surface area contributed by atoms with Crippen molar-refractivity contribution in [1.29, 1.82) is 0 Å². The third-order valence-electron chi connectivity index (χ3n) is 4.66. The predicted octanol–water partition coefficient (Wildman–Crippen LogP) is 2.64. The smallest absolute Gasteiger partial charge is 0.310 e. The van der Waals surface area contributed by atoms with Crippen LogP contribution in [0.1, 0.15) is 51.9 Å². The zero-order valence-corrected chi connectivity index (χ0v) is 9.87. The Morgan fingerprint density at radius 1 is 1.31 bits per heavy atom. The van der Waals surface area contributed by atoms with Gasteiger partial charge >= 0.3 is 5.97 Å². The maximum Gasteiger partial charge on any atom is 0.310 e. The van der Waals surface area contributed by atoms with Gasteiger partial charge in [0, 0.05) is 12.8 Å². The molecule has 0 bridgehead atoms. The van der Waals surface area contributed by atoms with Gasteiger partial charge in [-0.1, -0.05) is 26.2 Å². The molecule has 0 spiro atoms. The Kier molecular flexibility index (Phi) is 3.04. The van der Waals surface area contributed by atoms with Gasteiger partial charge in [-0.2, -0.15) is 0 Å². The van der Waals surface area contributed by atoms with Crippen LogP contribution in [0.3, 0.4) is 0 Å². The maximum absolute atomic E-state index is 11.3. The Balaban J connectivity index is 2.01. The molecule has 0 radical (unpaired) electrons. The number of carbonyl (C=O) groups is 2. The third kappa shape index (κ3) is 1.76. The molecule has 0 aromatic heterocycles. The van der Waals surface area contributed by atoms with Crippen LogP contribution < -0.4 is 0 Å². The highest BCUT2D eigenvalue weighted by molar-refractivity contribution is 5.97. The third-order valence-corrected chi connectivity index (χ3v) is 4.66. The Morgan fingerprint density at radius 3 is 2.25 bits per heavy atom. The van der Waals surface area contributed by atoms with E-state index in [0.717, 1.165) is 31.6 Å². The average Bonchev–Trinajstić information content (AvgIpc) is 2.24. The highest BCUT2D eigenvalue weighted by atomic mass is 16.4. The first-order valence-corrected chi connectivity index (χ1v) is 6.33. The summed E-state index contributed by atoms with van der Waals surface area (Å²) in [5.41, 5.74) is -0.685. The van der Waals surface area contributed by atoms with Gasteiger partial charge in [0.05, 0.1) is 5.41 Å². The molecule has 2 saturated carbocycles. The Bertz CT molecular complexity index is 292. The molecule has 0 amide bonds. The summed E-state index contributed by atoms with van der Waals surface area (Å²) >= 11 is 0. The van der Waals surface area contributed by atoms with Crippen LogP contribution >= 0.6 is 0 Å². The second-order valence-corrected chi connectivity index (χ2v) is 5.48. The van der Waals surface area contributed by atoms with Crippen molar-refractivity contribution >= 4 is 11.8 Å². The molecule has 2 aliphatic rings. The fourth-order valence-corrected chi connectivity index (χ4v) is 3.39. The Labute approximate surface area is 96.2 Å². The van der Waals surface area contributed by atoms with E-state index in [1.807, 2.05) is 0 Å². The summed E-state index contributed by atoms with van der Waals surface area (Å²) in [5, 5.41) is 9.32. The topological polar surface area (TPSA) is 54.4 Å². The van der Waals surface area contributed by atoms with E-state index in [1.54, 1.807) is 0 Å². The number of hydrogen-bond donors (Lipinski definition) is 1. The van der Waals surface area contributed by atoms with E-state index in [-0.39, 0.29) is 24.5 Å². The first-order valence-electron chi connectivity index (χ1n) is 6.33. The lowest BCUT2D eigenvalue weighted by atomic mass is 9.56. The lowest BCUT2D eigenvalue weighted by molar-refractivity contribution is -0.167. The van der Waals surface area contributed by atoms with Crippen LogP contribution in [-0.4, -0.2) is 16.9 Å². The van der Waals surface area contributed by atoms with Crippen molar-refractivity contribution in [3.8, 4) is 0 Å². The minimum Gasteiger partial charge on any atom is -0.481 e. The van der Waals surface area contributed by atoms with E-state index in [2.05, 4.69) is 6.92 Å². The SMILES string of the molecule is CCC1CCC(C2(C(=O)O)CC(=O)C2)CC1. The van der Waals surface area contributed by atoms with Gasteiger partial charge in [-0.25, -0.2) is 0 Å². The van der Waals surface area contributed by atoms with Gasteiger partial charge in [0.15, 0.2) is 0 Å². The fourth-order valence-electron chi connectivity index (χ4n) is 3.39. The summed E-state index contributed by atoms with van der Waals surface area (Å²) in [5.74, 6) is 0.399. The molecule has 0 aliphatic heterocycles. The molecule has 2 aliphatic carbocycles. The molecule has 0 heterocycles. The first-order chi connectivity index (χ1) is 7.58. The summed E-state index contributed by atoms with van der Waals surface area (Å²) in [6, 6.07) is 0. The maximum atomic E-state index is 11.3. The monoisotopic (exact) mass is 224 g/mol. The van der Waals surface area contributed by atoms with Crippen molar-refractivity contribution in [1.82, 2.24) is 0 Å². The molecule has 0 atom stereocenters. The summed E-state index contributed by atoms with van der Waals surface area (Å²) in [7, 11) is 0. The molecule has 0 unspecified atom stereocenters. The van der Waals surface area contributed by atoms with Gasteiger partial charge in [0.25, 0.3) is 0 Å². The van der Waals surface area contributed by atoms with Gasteiger partial charge in [-0.15, -0.1) is 0 Å². The van der Waals surface area contributed by atoms with Crippen LogP contribution in [-0.2, 0) is 9.59 Å². The van der Waals surface area contributed by atoms with E-state index in [0.29, 0.717) is 0 Å². The largest absolute Gasteiger partial charge is 0.481 e. The standard InChI is InChI=1S/C13H20O3/c1-2-9-3-5-10(6-4-9)13(12(15)16)7-11(14)8-13/h9-10H,2-8H2,1H3,(H,15,16). The quantitative estimate of drug-likeness (QED) is 0.801. The second-order valence-electron chi connectivity index (χ2n) is 5.48. The van der Waals surface area contributed by atoms with E-state index >= 15 is 0 Å². The van der Waals surface area contributed by atoms with Crippen LogP contribution in [0.2, 0.25) is 0 Å². The molecule has 90 valence electrons. The highest BCUT2D eigenvalue weighted by Gasteiger charge is 2.55. The first kappa shape index (κ1) is 11.6. The lowest BCUT2D eigenvalue weighted by Crippen LogP contribution is -2.50. The molecule has 16 heavy (non-hydrogen) atoms. The number of rotatable bonds is 3. The summed E-state index contributed by atoms with van der Waals surface area (Å²) in [4.78, 5) is 22.5. The second kappa shape index (κ2) is 4.19. The minimum absolute atomic E-state index is 0.125. The van der Waals surface area contributed by atoms with Crippen LogP contribution in [0.4, 0.5) is 0 Å². The van der Waals surface area contributed by atoms with E-state index in [9.17, 15) is 14.7 Å². The van der Waals surface area contributed by atoms with E-state index < -0.39 is 11.4 Å². The number of carboxylic acids is 1. The lowest BCUT2D eigenvalue weighted by Gasteiger charge is -2.45. The van der Waals surface area contributed by atoms with Crippen molar-refractivity contribution in [2.75, 3.05) is 0 Å². The van der Waals surface area contributed by atoms with Crippen molar-refractivity contribution in [2.24, 2.45) is 17.3 Å². The molecular weight excluding hydrogens is 204 g/mol. The van der Waals surface area contributed by atoms with Crippen LogP contribution in [0.25, 0.3) is 0 Å². The van der Waals surface area contributed by atoms with E-state index in [1.165, 1.54) is 6.42 Å². The van der Waals surface area contributed by atoms with Gasteiger partial charge in [-0.05, 0) is 24.7 Å². The number of hydrogen-bond acceptors (Lipinski definition) is 2. The summed E-state index contributed by atoms with van der Waals surface area (Å²) in [6.45, 7) is 2.20. The Hall–Kier alpha value is -0.860. The molecule has 2 fully saturated rings. The van der Waals surface area contributed by atoms with Crippen LogP contribution in [0.5, 0.6) is 0 Å². The van der Waals surface area contributed by atoms with Crippen molar-refractivity contribution in [2.45, 2.75) is 51.9 Å². The number of carbonyl (C=O) groups excluding carboxylic acids is 1. The minimum atomic E-state index is -0.743. The average molecular weight is 224 g/mol. The highest BCUT2D eigenvalue weighted by Crippen LogP contribution is 2.51. The normalized spacial score (nSPS) is 33.2. The molecule has 0 saturated heterocycles. The number of ketones is 1. The predicted molar refractivity (Wildman–Crippen MR) is 60.0 cm³/mol. The van der Waals surface area contributed by atoms with Gasteiger partial charge in [0.1, 0.15) is 5.78 Å². The molecule has 3 nitrogen and oxygen atoms in total. The Morgan fingerprint density at radius 2 is 1.88 bits per heavy atom. The molecule has 1 N–H and O–H groups in total. The number of aliphatic carboxylic acids is 1. The van der Waals surface area contributed by atoms with Gasteiger partial charge in [0.2, 0.25) is 0 Å². The summed E-state index contributed by atoms with van der Waals surface area (Å²) in [6.07, 6.45) is 6.05.